The van der Waals surface area contributed by atoms with Gasteiger partial charge in [0.2, 0.25) is 0 Å². The van der Waals surface area contributed by atoms with Crippen LogP contribution in [0.2, 0.25) is 0 Å². The van der Waals surface area contributed by atoms with Crippen molar-refractivity contribution >= 4 is 0 Å². The molecule has 118 valence electrons. The smallest absolute Gasteiger partial charge is 0.122 e. The second-order valence-corrected chi connectivity index (χ2v) is 5.75. The summed E-state index contributed by atoms with van der Waals surface area (Å²) in [5.41, 5.74) is 0. The van der Waals surface area contributed by atoms with Gasteiger partial charge in [-0.25, -0.2) is 0 Å². The van der Waals surface area contributed by atoms with Gasteiger partial charge in [0.25, 0.3) is 0 Å². The van der Waals surface area contributed by atoms with Crippen LogP contribution in [0.5, 0.6) is 11.5 Å². The number of rotatable bonds is 7. The van der Waals surface area contributed by atoms with Crippen molar-refractivity contribution in [2.24, 2.45) is 0 Å². The molecule has 4 heteroatoms. The predicted octanol–water partition coefficient (Wildman–Crippen LogP) is 2.96. The fraction of sp³-hybridized carbons (Fsp3) is 0.647. The molecule has 0 N–H and O–H groups in total. The van der Waals surface area contributed by atoms with Crippen LogP contribution in [0.1, 0.15) is 26.7 Å². The summed E-state index contributed by atoms with van der Waals surface area (Å²) in [4.78, 5) is 2.49. The normalized spacial score (nSPS) is 23.0. The highest BCUT2D eigenvalue weighted by Crippen LogP contribution is 2.19. The van der Waals surface area contributed by atoms with Gasteiger partial charge in [0.1, 0.15) is 11.5 Å². The van der Waals surface area contributed by atoms with E-state index in [0.717, 1.165) is 50.6 Å². The summed E-state index contributed by atoms with van der Waals surface area (Å²) < 4.78 is 16.7. The van der Waals surface area contributed by atoms with Crippen LogP contribution in [0.3, 0.4) is 0 Å². The van der Waals surface area contributed by atoms with Crippen LogP contribution in [-0.2, 0) is 4.74 Å². The Bertz CT molecular complexity index is 414. The van der Waals surface area contributed by atoms with Gasteiger partial charge in [0.05, 0.1) is 25.9 Å². The van der Waals surface area contributed by atoms with E-state index >= 15 is 0 Å². The first-order chi connectivity index (χ1) is 10.2. The van der Waals surface area contributed by atoms with Crippen LogP contribution in [-0.4, -0.2) is 50.5 Å². The summed E-state index contributed by atoms with van der Waals surface area (Å²) in [6.07, 6.45) is 2.92. The third kappa shape index (κ3) is 5.56. The molecule has 2 rings (SSSR count). The number of methoxy groups -OCH3 is 1. The van der Waals surface area contributed by atoms with Gasteiger partial charge >= 0.3 is 0 Å². The van der Waals surface area contributed by atoms with Crippen molar-refractivity contribution in [1.29, 1.82) is 0 Å². The molecular weight excluding hydrogens is 266 g/mol. The molecule has 0 saturated carbocycles. The van der Waals surface area contributed by atoms with Crippen LogP contribution in [0.4, 0.5) is 0 Å². The van der Waals surface area contributed by atoms with Crippen molar-refractivity contribution in [2.45, 2.75) is 38.9 Å². The Kier molecular flexibility index (Phi) is 6.33. The Morgan fingerprint density at radius 1 is 1.14 bits per heavy atom. The maximum absolute atomic E-state index is 5.76. The summed E-state index contributed by atoms with van der Waals surface area (Å²) >= 11 is 0. The molecule has 1 aliphatic heterocycles. The number of benzene rings is 1. The molecule has 0 spiro atoms. The zero-order valence-electron chi connectivity index (χ0n) is 13.4. The fourth-order valence-electron chi connectivity index (χ4n) is 2.79. The molecule has 0 unspecified atom stereocenters. The first kappa shape index (κ1) is 16.1. The molecule has 0 radical (unpaired) electrons. The fourth-order valence-corrected chi connectivity index (χ4v) is 2.79. The van der Waals surface area contributed by atoms with E-state index in [1.165, 1.54) is 0 Å². The Labute approximate surface area is 128 Å². The van der Waals surface area contributed by atoms with Gasteiger partial charge in [0.15, 0.2) is 0 Å². The third-order valence-electron chi connectivity index (χ3n) is 3.67. The van der Waals surface area contributed by atoms with E-state index in [9.17, 15) is 0 Å². The number of hydrogen-bond acceptors (Lipinski definition) is 4. The quantitative estimate of drug-likeness (QED) is 0.723. The zero-order valence-corrected chi connectivity index (χ0v) is 13.4. The Balaban J connectivity index is 1.61. The van der Waals surface area contributed by atoms with Gasteiger partial charge in [0, 0.05) is 19.2 Å². The van der Waals surface area contributed by atoms with Gasteiger partial charge in [-0.05, 0) is 45.4 Å². The Morgan fingerprint density at radius 3 is 2.57 bits per heavy atom. The zero-order chi connectivity index (χ0) is 15.1. The lowest BCUT2D eigenvalue weighted by Gasteiger charge is -2.35. The average molecular weight is 293 g/mol. The minimum Gasteiger partial charge on any atom is -0.497 e. The van der Waals surface area contributed by atoms with Crippen molar-refractivity contribution in [3.05, 3.63) is 24.3 Å². The van der Waals surface area contributed by atoms with Crippen LogP contribution in [0, 0.1) is 0 Å². The number of morpholine rings is 1. The van der Waals surface area contributed by atoms with Crippen LogP contribution >= 0.6 is 0 Å². The Morgan fingerprint density at radius 2 is 1.86 bits per heavy atom. The van der Waals surface area contributed by atoms with Crippen molar-refractivity contribution in [2.75, 3.05) is 33.4 Å². The Hall–Kier alpha value is -1.26. The summed E-state index contributed by atoms with van der Waals surface area (Å²) in [6.45, 7) is 8.26. The highest BCUT2D eigenvalue weighted by Gasteiger charge is 2.21. The first-order valence-corrected chi connectivity index (χ1v) is 7.82. The maximum atomic E-state index is 5.76. The number of unbranched alkanes of at least 4 members (excludes halogenated alkanes) is 1. The molecule has 1 aromatic carbocycles. The predicted molar refractivity (Wildman–Crippen MR) is 84.2 cm³/mol. The van der Waals surface area contributed by atoms with Gasteiger partial charge in [-0.2, -0.15) is 0 Å². The lowest BCUT2D eigenvalue weighted by atomic mass is 10.2. The molecule has 0 aromatic heterocycles. The molecule has 0 aliphatic carbocycles. The lowest BCUT2D eigenvalue weighted by molar-refractivity contribution is -0.0682. The summed E-state index contributed by atoms with van der Waals surface area (Å²) in [7, 11) is 1.67. The molecule has 1 fully saturated rings. The molecule has 1 aliphatic rings. The van der Waals surface area contributed by atoms with Gasteiger partial charge in [-0.3, -0.25) is 4.90 Å². The van der Waals surface area contributed by atoms with Crippen LogP contribution in [0.15, 0.2) is 24.3 Å². The standard InChI is InChI=1S/C17H27NO3/c1-14-12-18(13-15(2)21-14)9-4-5-10-20-17-8-6-7-16(11-17)19-3/h6-8,11,14-15H,4-5,9-10,12-13H2,1-3H3/t14-,15+. The molecular formula is C17H27NO3. The van der Waals surface area contributed by atoms with E-state index in [2.05, 4.69) is 18.7 Å². The summed E-state index contributed by atoms with van der Waals surface area (Å²) in [5, 5.41) is 0. The third-order valence-corrected chi connectivity index (χ3v) is 3.67. The SMILES string of the molecule is COc1cccc(OCCCCN2C[C@@H](C)O[C@@H](C)C2)c1. The maximum Gasteiger partial charge on any atom is 0.122 e. The van der Waals surface area contributed by atoms with E-state index in [-0.39, 0.29) is 0 Å². The molecule has 4 nitrogen and oxygen atoms in total. The van der Waals surface area contributed by atoms with Gasteiger partial charge < -0.3 is 14.2 Å². The first-order valence-electron chi connectivity index (χ1n) is 7.82. The van der Waals surface area contributed by atoms with E-state index in [1.807, 2.05) is 24.3 Å². The van der Waals surface area contributed by atoms with Gasteiger partial charge in [-0.1, -0.05) is 6.07 Å². The minimum absolute atomic E-state index is 0.349. The molecule has 1 saturated heterocycles. The molecule has 1 heterocycles. The van der Waals surface area contributed by atoms with E-state index < -0.39 is 0 Å². The van der Waals surface area contributed by atoms with Crippen molar-refractivity contribution in [3.63, 3.8) is 0 Å². The lowest BCUT2D eigenvalue weighted by Crippen LogP contribution is -2.45. The van der Waals surface area contributed by atoms with Crippen molar-refractivity contribution in [1.82, 2.24) is 4.90 Å². The van der Waals surface area contributed by atoms with Crippen molar-refractivity contribution in [3.8, 4) is 11.5 Å². The van der Waals surface area contributed by atoms with Crippen LogP contribution in [0.25, 0.3) is 0 Å². The van der Waals surface area contributed by atoms with Crippen LogP contribution < -0.4 is 9.47 Å². The molecule has 0 amide bonds. The van der Waals surface area contributed by atoms with E-state index in [0.29, 0.717) is 12.2 Å². The topological polar surface area (TPSA) is 30.9 Å². The minimum atomic E-state index is 0.349. The molecule has 2 atom stereocenters. The monoisotopic (exact) mass is 293 g/mol. The summed E-state index contributed by atoms with van der Waals surface area (Å²) in [6, 6.07) is 7.76. The number of nitrogens with zero attached hydrogens (tertiary/aromatic N) is 1. The summed E-state index contributed by atoms with van der Waals surface area (Å²) in [5.74, 6) is 1.71. The second-order valence-electron chi connectivity index (χ2n) is 5.75. The number of ether oxygens (including phenoxy) is 3. The highest BCUT2D eigenvalue weighted by molar-refractivity contribution is 5.32. The average Bonchev–Trinajstić information content (AvgIpc) is 2.46. The largest absolute Gasteiger partial charge is 0.497 e. The second kappa shape index (κ2) is 8.25. The van der Waals surface area contributed by atoms with Crippen molar-refractivity contribution < 1.29 is 14.2 Å². The molecule has 0 bridgehead atoms. The van der Waals surface area contributed by atoms with E-state index in [1.54, 1.807) is 7.11 Å². The number of hydrogen-bond donors (Lipinski definition) is 0. The molecule has 21 heavy (non-hydrogen) atoms. The molecule has 1 aromatic rings. The van der Waals surface area contributed by atoms with Gasteiger partial charge in [-0.15, -0.1) is 0 Å². The van der Waals surface area contributed by atoms with E-state index in [4.69, 9.17) is 14.2 Å². The highest BCUT2D eigenvalue weighted by atomic mass is 16.5.